The van der Waals surface area contributed by atoms with Crippen LogP contribution in [-0.4, -0.2) is 58.4 Å². The molecular formula is C26H30B2N2O6S2. The molecule has 0 atom stereocenters. The van der Waals surface area contributed by atoms with Crippen LogP contribution < -0.4 is 9.55 Å². The fourth-order valence-corrected chi connectivity index (χ4v) is 6.58. The first kappa shape index (κ1) is 26.0. The van der Waals surface area contributed by atoms with Crippen LogP contribution in [-0.2, 0) is 18.6 Å². The Kier molecular flexibility index (Phi) is 5.59. The van der Waals surface area contributed by atoms with Gasteiger partial charge in [-0.15, -0.1) is 22.7 Å². The van der Waals surface area contributed by atoms with Crippen LogP contribution in [0.25, 0.3) is 10.6 Å². The van der Waals surface area contributed by atoms with E-state index in [9.17, 15) is 9.90 Å². The fourth-order valence-electron chi connectivity index (χ4n) is 4.65. The number of H-pyrrole nitrogens is 1. The summed E-state index contributed by atoms with van der Waals surface area (Å²) in [4.78, 5) is 22.0. The van der Waals surface area contributed by atoms with Crippen LogP contribution in [0, 0.1) is 0 Å². The number of hydrogen-bond acceptors (Lipinski definition) is 8. The average molecular weight is 552 g/mol. The van der Waals surface area contributed by atoms with E-state index < -0.39 is 42.5 Å². The number of aromatic amines is 1. The molecule has 0 spiro atoms. The zero-order valence-corrected chi connectivity index (χ0v) is 24.3. The fraction of sp³-hybridized carbons (Fsp3) is 0.462. The number of aromatic nitrogens is 1. The van der Waals surface area contributed by atoms with E-state index in [1.807, 2.05) is 79.7 Å². The maximum Gasteiger partial charge on any atom is 0.505 e. The lowest BCUT2D eigenvalue weighted by atomic mass is 9.88. The second kappa shape index (κ2) is 8.16. The van der Waals surface area contributed by atoms with E-state index in [0.29, 0.717) is 22.5 Å². The Labute approximate surface area is 230 Å². The van der Waals surface area contributed by atoms with Crippen molar-refractivity contribution in [1.82, 2.24) is 4.98 Å². The highest BCUT2D eigenvalue weighted by Crippen LogP contribution is 2.42. The summed E-state index contributed by atoms with van der Waals surface area (Å²) in [5.41, 5.74) is -0.0503. The first-order chi connectivity index (χ1) is 17.6. The van der Waals surface area contributed by atoms with Gasteiger partial charge in [0.2, 0.25) is 0 Å². The predicted octanol–water partition coefficient (Wildman–Crippen LogP) is 4.10. The summed E-state index contributed by atoms with van der Waals surface area (Å²) in [5.74, 6) is -0.478. The van der Waals surface area contributed by atoms with Crippen molar-refractivity contribution in [2.45, 2.75) is 77.8 Å². The number of fused-ring (bicyclic) bond motifs is 1. The Bertz CT molecular complexity index is 1470. The molecule has 3 aromatic rings. The molecule has 198 valence electrons. The van der Waals surface area contributed by atoms with Gasteiger partial charge in [-0.3, -0.25) is 4.79 Å². The maximum atomic E-state index is 13.1. The predicted molar refractivity (Wildman–Crippen MR) is 151 cm³/mol. The number of carbonyl (C=O) groups excluding carboxylic acids is 1. The van der Waals surface area contributed by atoms with E-state index in [1.54, 1.807) is 0 Å². The molecule has 3 aromatic heterocycles. The normalized spacial score (nSPS) is 22.8. The van der Waals surface area contributed by atoms with Crippen LogP contribution in [0.1, 0.15) is 76.2 Å². The summed E-state index contributed by atoms with van der Waals surface area (Å²) in [5, 5.41) is 10.9. The van der Waals surface area contributed by atoms with E-state index in [0.717, 1.165) is 19.3 Å². The van der Waals surface area contributed by atoms with Gasteiger partial charge in [-0.05, 0) is 67.5 Å². The standard InChI is InChI=1S/C26H30B2N2O6S2/c1-23(2)24(3,4)34-27(33-23)15-11-9-13(37-15)19-17-18(22(32)29-19)20(30-21(17)31)14-10-12-16(38-14)28-35-25(5,6)26(7,8)36-28/h9-12,29,32H,1-8H3. The van der Waals surface area contributed by atoms with E-state index in [4.69, 9.17) is 18.6 Å². The molecule has 12 heteroatoms. The lowest BCUT2D eigenvalue weighted by molar-refractivity contribution is 0.00578. The van der Waals surface area contributed by atoms with Crippen molar-refractivity contribution in [3.05, 3.63) is 40.3 Å². The molecule has 0 aliphatic carbocycles. The molecule has 3 aliphatic heterocycles. The molecule has 0 unspecified atom stereocenters. The van der Waals surface area contributed by atoms with E-state index in [1.165, 1.54) is 22.7 Å². The lowest BCUT2D eigenvalue weighted by Crippen LogP contribution is -2.41. The van der Waals surface area contributed by atoms with Crippen LogP contribution in [0.3, 0.4) is 0 Å². The van der Waals surface area contributed by atoms with Gasteiger partial charge in [0.15, 0.2) is 5.88 Å². The summed E-state index contributed by atoms with van der Waals surface area (Å²) < 4.78 is 26.5. The Hall–Kier alpha value is -2.21. The van der Waals surface area contributed by atoms with E-state index in [-0.39, 0.29) is 5.88 Å². The molecule has 8 nitrogen and oxygen atoms in total. The van der Waals surface area contributed by atoms with Crippen molar-refractivity contribution in [3.8, 4) is 16.5 Å². The summed E-state index contributed by atoms with van der Waals surface area (Å²) in [6.07, 6.45) is 0. The van der Waals surface area contributed by atoms with Crippen LogP contribution in [0.4, 0.5) is 0 Å². The molecule has 2 fully saturated rings. The van der Waals surface area contributed by atoms with Gasteiger partial charge in [0.05, 0.1) is 54.7 Å². The zero-order chi connectivity index (χ0) is 27.4. The van der Waals surface area contributed by atoms with Crippen molar-refractivity contribution < 1.29 is 28.5 Å². The third kappa shape index (κ3) is 3.80. The first-order valence-corrected chi connectivity index (χ1v) is 14.2. The van der Waals surface area contributed by atoms with Gasteiger partial charge in [0.1, 0.15) is 0 Å². The Balaban J connectivity index is 1.29. The summed E-state index contributed by atoms with van der Waals surface area (Å²) in [7, 11) is -1.01. The quantitative estimate of drug-likeness (QED) is 0.473. The highest BCUT2D eigenvalue weighted by atomic mass is 32.1. The summed E-state index contributed by atoms with van der Waals surface area (Å²) >= 11 is 2.90. The van der Waals surface area contributed by atoms with E-state index in [2.05, 4.69) is 9.98 Å². The molecule has 6 rings (SSSR count). The van der Waals surface area contributed by atoms with Crippen LogP contribution >= 0.6 is 22.7 Å². The zero-order valence-electron chi connectivity index (χ0n) is 22.7. The largest absolute Gasteiger partial charge is 0.505 e. The number of rotatable bonds is 4. The second-order valence-electron chi connectivity index (χ2n) is 11.9. The lowest BCUT2D eigenvalue weighted by Gasteiger charge is -2.32. The van der Waals surface area contributed by atoms with Crippen molar-refractivity contribution in [1.29, 1.82) is 0 Å². The minimum Gasteiger partial charge on any atom is -0.494 e. The minimum atomic E-state index is -0.508. The molecule has 1 amide bonds. The number of nitrogens with one attached hydrogen (secondary N) is 1. The Morgan fingerprint density at radius 3 is 1.68 bits per heavy atom. The smallest absolute Gasteiger partial charge is 0.494 e. The van der Waals surface area contributed by atoms with Crippen LogP contribution in [0.15, 0.2) is 29.3 Å². The number of aliphatic imine (C=N–C) groups is 1. The maximum absolute atomic E-state index is 13.1. The number of aromatic hydroxyl groups is 1. The first-order valence-electron chi connectivity index (χ1n) is 12.6. The van der Waals surface area contributed by atoms with Gasteiger partial charge < -0.3 is 28.7 Å². The van der Waals surface area contributed by atoms with Crippen molar-refractivity contribution in [2.24, 2.45) is 4.99 Å². The molecule has 6 heterocycles. The Morgan fingerprint density at radius 1 is 0.737 bits per heavy atom. The molecule has 0 bridgehead atoms. The number of thiophene rings is 2. The number of amides is 1. The van der Waals surface area contributed by atoms with Gasteiger partial charge in [-0.25, -0.2) is 4.99 Å². The topological polar surface area (TPSA) is 102 Å². The highest BCUT2D eigenvalue weighted by molar-refractivity contribution is 7.25. The molecule has 0 aromatic carbocycles. The number of carbonyl (C=O) groups is 1. The molecule has 38 heavy (non-hydrogen) atoms. The summed E-state index contributed by atoms with van der Waals surface area (Å²) in [6.45, 7) is 16.1. The molecule has 0 radical (unpaired) electrons. The number of nitrogens with zero attached hydrogens (tertiary/aromatic N) is 1. The summed E-state index contributed by atoms with van der Waals surface area (Å²) in [6, 6.07) is 7.65. The average Bonchev–Trinajstić information content (AvgIpc) is 3.60. The van der Waals surface area contributed by atoms with Crippen LogP contribution in [0.2, 0.25) is 0 Å². The van der Waals surface area contributed by atoms with Gasteiger partial charge in [-0.1, -0.05) is 12.1 Å². The van der Waals surface area contributed by atoms with Gasteiger partial charge in [-0.2, -0.15) is 0 Å². The third-order valence-electron chi connectivity index (χ3n) is 8.35. The molecule has 0 saturated carbocycles. The third-order valence-corrected chi connectivity index (χ3v) is 10.6. The second-order valence-corrected chi connectivity index (χ2v) is 14.2. The SMILES string of the molecule is CC1(C)OB(c2ccc(C3=NC(=O)c4c(-c5ccc(B6OC(C)(C)C(C)(C)O6)s5)[nH]c(O)c43)s2)OC1(C)C. The molecule has 2 saturated heterocycles. The van der Waals surface area contributed by atoms with E-state index >= 15 is 0 Å². The monoisotopic (exact) mass is 552 g/mol. The van der Waals surface area contributed by atoms with Gasteiger partial charge in [0, 0.05) is 9.55 Å². The minimum absolute atomic E-state index is 0.0873. The van der Waals surface area contributed by atoms with Crippen molar-refractivity contribution >= 4 is 58.1 Å². The van der Waals surface area contributed by atoms with Crippen molar-refractivity contribution in [3.63, 3.8) is 0 Å². The van der Waals surface area contributed by atoms with Gasteiger partial charge >= 0.3 is 14.2 Å². The Morgan fingerprint density at radius 2 is 1.18 bits per heavy atom. The number of hydrogen-bond donors (Lipinski definition) is 2. The van der Waals surface area contributed by atoms with Crippen molar-refractivity contribution in [2.75, 3.05) is 0 Å². The van der Waals surface area contributed by atoms with Crippen LogP contribution in [0.5, 0.6) is 5.88 Å². The molecule has 2 N–H and O–H groups in total. The highest BCUT2D eigenvalue weighted by Gasteiger charge is 2.53. The molecule has 3 aliphatic rings. The molecular weight excluding hydrogens is 522 g/mol. The van der Waals surface area contributed by atoms with Gasteiger partial charge in [0.25, 0.3) is 5.91 Å².